The van der Waals surface area contributed by atoms with E-state index in [2.05, 4.69) is 33.9 Å². The zero-order valence-corrected chi connectivity index (χ0v) is 15.3. The van der Waals surface area contributed by atoms with E-state index in [-0.39, 0.29) is 11.1 Å². The SMILES string of the molecule is CC1(C)O[C@H]2O[C@H](CCO[Si](C)(C)C(C)(C)C)[C@H](O)[C@H]2O1. The summed E-state index contributed by atoms with van der Waals surface area (Å²) in [5, 5.41) is 10.5. The van der Waals surface area contributed by atoms with Crippen LogP contribution in [0.15, 0.2) is 0 Å². The van der Waals surface area contributed by atoms with Crippen LogP contribution in [0.25, 0.3) is 0 Å². The van der Waals surface area contributed by atoms with Gasteiger partial charge in [0.15, 0.2) is 20.4 Å². The summed E-state index contributed by atoms with van der Waals surface area (Å²) in [7, 11) is -1.75. The van der Waals surface area contributed by atoms with Crippen LogP contribution in [0.3, 0.4) is 0 Å². The topological polar surface area (TPSA) is 57.2 Å². The second-order valence-electron chi connectivity index (χ2n) is 8.03. The smallest absolute Gasteiger partial charge is 0.191 e. The minimum absolute atomic E-state index is 0.189. The fourth-order valence-corrected chi connectivity index (χ4v) is 3.50. The standard InChI is InChI=1S/C15H30O5Si/c1-14(2,3)21(6,7)17-9-8-10-11(16)12-13(18-10)20-15(4,5)19-12/h10-13,16H,8-9H2,1-7H3/t10-,11+,12-,13-/m1/s1. The Balaban J connectivity index is 1.82. The Labute approximate surface area is 129 Å². The zero-order chi connectivity index (χ0) is 16.1. The van der Waals surface area contributed by atoms with Gasteiger partial charge in [-0.15, -0.1) is 0 Å². The summed E-state index contributed by atoms with van der Waals surface area (Å²) in [6.07, 6.45) is -1.13. The zero-order valence-electron chi connectivity index (χ0n) is 14.3. The van der Waals surface area contributed by atoms with Crippen LogP contribution in [-0.2, 0) is 18.6 Å². The van der Waals surface area contributed by atoms with E-state index in [1.54, 1.807) is 0 Å². The first kappa shape index (κ1) is 17.4. The molecule has 124 valence electrons. The quantitative estimate of drug-likeness (QED) is 0.808. The molecular formula is C15H30O5Si. The molecule has 0 amide bonds. The molecule has 2 aliphatic heterocycles. The highest BCUT2D eigenvalue weighted by molar-refractivity contribution is 6.74. The van der Waals surface area contributed by atoms with Crippen molar-refractivity contribution in [1.82, 2.24) is 0 Å². The second kappa shape index (κ2) is 5.58. The maximum absolute atomic E-state index is 10.3. The molecule has 0 bridgehead atoms. The Morgan fingerprint density at radius 3 is 2.33 bits per heavy atom. The highest BCUT2D eigenvalue weighted by Crippen LogP contribution is 2.39. The van der Waals surface area contributed by atoms with E-state index in [0.717, 1.165) is 0 Å². The minimum atomic E-state index is -1.75. The highest BCUT2D eigenvalue weighted by Gasteiger charge is 2.54. The molecule has 0 aromatic rings. The highest BCUT2D eigenvalue weighted by atomic mass is 28.4. The molecule has 0 aromatic heterocycles. The van der Waals surface area contributed by atoms with Crippen molar-refractivity contribution in [3.8, 4) is 0 Å². The summed E-state index contributed by atoms with van der Waals surface area (Å²) < 4.78 is 23.2. The van der Waals surface area contributed by atoms with Crippen molar-refractivity contribution in [2.75, 3.05) is 6.61 Å². The maximum atomic E-state index is 10.3. The van der Waals surface area contributed by atoms with Crippen molar-refractivity contribution in [2.24, 2.45) is 0 Å². The summed E-state index contributed by atoms with van der Waals surface area (Å²) >= 11 is 0. The third-order valence-corrected chi connectivity index (χ3v) is 9.32. The number of rotatable bonds is 4. The van der Waals surface area contributed by atoms with E-state index in [1.807, 2.05) is 13.8 Å². The van der Waals surface area contributed by atoms with Crippen LogP contribution in [0, 0.1) is 0 Å². The van der Waals surface area contributed by atoms with Gasteiger partial charge in [-0.2, -0.15) is 0 Å². The molecule has 2 fully saturated rings. The molecule has 0 aromatic carbocycles. The predicted molar refractivity (Wildman–Crippen MR) is 82.5 cm³/mol. The van der Waals surface area contributed by atoms with Gasteiger partial charge in [0, 0.05) is 6.61 Å². The van der Waals surface area contributed by atoms with Crippen molar-refractivity contribution in [3.05, 3.63) is 0 Å². The summed E-state index contributed by atoms with van der Waals surface area (Å²) in [5.74, 6) is -0.682. The van der Waals surface area contributed by atoms with Crippen LogP contribution < -0.4 is 0 Å². The lowest BCUT2D eigenvalue weighted by molar-refractivity contribution is -0.215. The molecule has 0 saturated carbocycles. The van der Waals surface area contributed by atoms with Gasteiger partial charge in [0.05, 0.1) is 6.10 Å². The molecule has 1 N–H and O–H groups in total. The molecular weight excluding hydrogens is 288 g/mol. The van der Waals surface area contributed by atoms with Gasteiger partial charge >= 0.3 is 0 Å². The van der Waals surface area contributed by atoms with Crippen molar-refractivity contribution in [1.29, 1.82) is 0 Å². The molecule has 21 heavy (non-hydrogen) atoms. The number of hydrogen-bond donors (Lipinski definition) is 1. The van der Waals surface area contributed by atoms with E-state index in [4.69, 9.17) is 18.6 Å². The van der Waals surface area contributed by atoms with Crippen LogP contribution >= 0.6 is 0 Å². The lowest BCUT2D eigenvalue weighted by Crippen LogP contribution is -2.42. The predicted octanol–water partition coefficient (Wildman–Crippen LogP) is 2.64. The Morgan fingerprint density at radius 2 is 1.81 bits per heavy atom. The molecule has 0 aliphatic carbocycles. The molecule has 2 aliphatic rings. The van der Waals surface area contributed by atoms with E-state index in [1.165, 1.54) is 0 Å². The van der Waals surface area contributed by atoms with Crippen molar-refractivity contribution in [3.63, 3.8) is 0 Å². The molecule has 0 unspecified atom stereocenters. The van der Waals surface area contributed by atoms with Gasteiger partial charge in [0.1, 0.15) is 12.2 Å². The van der Waals surface area contributed by atoms with Crippen molar-refractivity contribution in [2.45, 2.75) is 89.6 Å². The Morgan fingerprint density at radius 1 is 1.19 bits per heavy atom. The molecule has 0 spiro atoms. The van der Waals surface area contributed by atoms with Crippen LogP contribution in [0.2, 0.25) is 18.1 Å². The Kier molecular flexibility index (Phi) is 4.62. The second-order valence-corrected chi connectivity index (χ2v) is 12.8. The number of ether oxygens (including phenoxy) is 3. The molecule has 2 rings (SSSR count). The maximum Gasteiger partial charge on any atom is 0.191 e. The third kappa shape index (κ3) is 3.68. The minimum Gasteiger partial charge on any atom is -0.417 e. The lowest BCUT2D eigenvalue weighted by Gasteiger charge is -2.36. The van der Waals surface area contributed by atoms with Gasteiger partial charge in [-0.1, -0.05) is 20.8 Å². The van der Waals surface area contributed by atoms with Crippen LogP contribution in [0.4, 0.5) is 0 Å². The first-order chi connectivity index (χ1) is 9.43. The van der Waals surface area contributed by atoms with Crippen molar-refractivity contribution >= 4 is 8.32 Å². The van der Waals surface area contributed by atoms with Crippen molar-refractivity contribution < 1.29 is 23.7 Å². The average Bonchev–Trinajstić information content (AvgIpc) is 2.72. The lowest BCUT2D eigenvalue weighted by atomic mass is 10.1. The number of fused-ring (bicyclic) bond motifs is 1. The van der Waals surface area contributed by atoms with Crippen LogP contribution in [-0.4, -0.2) is 50.4 Å². The van der Waals surface area contributed by atoms with Gasteiger partial charge in [0.25, 0.3) is 0 Å². The molecule has 2 saturated heterocycles. The number of hydrogen-bond acceptors (Lipinski definition) is 5. The average molecular weight is 318 g/mol. The number of aliphatic hydroxyl groups is 1. The third-order valence-electron chi connectivity index (χ3n) is 4.79. The van der Waals surface area contributed by atoms with E-state index >= 15 is 0 Å². The van der Waals surface area contributed by atoms with Gasteiger partial charge in [-0.05, 0) is 38.4 Å². The van der Waals surface area contributed by atoms with Crippen LogP contribution in [0.5, 0.6) is 0 Å². The fourth-order valence-electron chi connectivity index (χ4n) is 2.44. The molecule has 6 heteroatoms. The largest absolute Gasteiger partial charge is 0.417 e. The molecule has 5 nitrogen and oxygen atoms in total. The van der Waals surface area contributed by atoms with E-state index in [0.29, 0.717) is 13.0 Å². The summed E-state index contributed by atoms with van der Waals surface area (Å²) in [5.41, 5.74) is 0. The summed E-state index contributed by atoms with van der Waals surface area (Å²) in [4.78, 5) is 0. The molecule has 2 heterocycles. The van der Waals surface area contributed by atoms with Gasteiger partial charge in [0.2, 0.25) is 0 Å². The number of aliphatic hydroxyl groups excluding tert-OH is 1. The summed E-state index contributed by atoms with van der Waals surface area (Å²) in [6.45, 7) is 15.4. The fraction of sp³-hybridized carbons (Fsp3) is 1.00. The Bertz CT molecular complexity index is 377. The summed E-state index contributed by atoms with van der Waals surface area (Å²) in [6, 6.07) is 0. The monoisotopic (exact) mass is 318 g/mol. The molecule has 0 radical (unpaired) electrons. The van der Waals surface area contributed by atoms with E-state index in [9.17, 15) is 5.11 Å². The van der Waals surface area contributed by atoms with Crippen LogP contribution in [0.1, 0.15) is 41.0 Å². The first-order valence-electron chi connectivity index (χ1n) is 7.76. The van der Waals surface area contributed by atoms with E-state index < -0.39 is 32.6 Å². The van der Waals surface area contributed by atoms with Gasteiger partial charge in [-0.3, -0.25) is 0 Å². The molecule has 4 atom stereocenters. The first-order valence-corrected chi connectivity index (χ1v) is 10.7. The normalized spacial score (nSPS) is 36.0. The Hall–Kier alpha value is 0.0169. The van der Waals surface area contributed by atoms with Gasteiger partial charge < -0.3 is 23.7 Å². The van der Waals surface area contributed by atoms with Gasteiger partial charge in [-0.25, -0.2) is 0 Å².